The molecular formula is C19H15ClF3N3O. The van der Waals surface area contributed by atoms with Gasteiger partial charge >= 0.3 is 6.18 Å². The zero-order chi connectivity index (χ0) is 19.3. The molecule has 0 amide bonds. The standard InChI is InChI=1S/C19H15ClF3N3O/c1-24-13-7-8-14(26-17(20)16(19(21,22)23)25-18(13)26)11-5-6-12-10(9-11)3-2-4-15(12)27/h5-9,24H,2-4H2,1H3. The van der Waals surface area contributed by atoms with Crippen LogP contribution in [0.25, 0.3) is 16.9 Å². The molecule has 2 aromatic heterocycles. The molecule has 1 aromatic carbocycles. The maximum Gasteiger partial charge on any atom is 0.436 e. The van der Waals surface area contributed by atoms with Crippen molar-refractivity contribution in [3.8, 4) is 11.3 Å². The maximum absolute atomic E-state index is 13.3. The Balaban J connectivity index is 1.98. The number of anilines is 1. The van der Waals surface area contributed by atoms with Crippen LogP contribution in [-0.4, -0.2) is 22.2 Å². The third-order valence-electron chi connectivity index (χ3n) is 4.80. The predicted molar refractivity (Wildman–Crippen MR) is 97.5 cm³/mol. The van der Waals surface area contributed by atoms with Gasteiger partial charge in [-0.2, -0.15) is 13.2 Å². The van der Waals surface area contributed by atoms with E-state index in [4.69, 9.17) is 11.6 Å². The summed E-state index contributed by atoms with van der Waals surface area (Å²) in [5, 5.41) is 2.35. The number of nitrogens with zero attached hydrogens (tertiary/aromatic N) is 2. The van der Waals surface area contributed by atoms with Crippen molar-refractivity contribution in [3.05, 3.63) is 52.3 Å². The van der Waals surface area contributed by atoms with Crippen LogP contribution in [0, 0.1) is 0 Å². The second-order valence-corrected chi connectivity index (χ2v) is 6.80. The molecule has 0 spiro atoms. The number of halogens is 4. The minimum Gasteiger partial charge on any atom is -0.385 e. The van der Waals surface area contributed by atoms with Gasteiger partial charge in [0.15, 0.2) is 17.1 Å². The quantitative estimate of drug-likeness (QED) is 0.648. The predicted octanol–water partition coefficient (Wildman–Crippen LogP) is 5.23. The van der Waals surface area contributed by atoms with Gasteiger partial charge < -0.3 is 5.32 Å². The van der Waals surface area contributed by atoms with Gasteiger partial charge in [-0.25, -0.2) is 4.98 Å². The first kappa shape index (κ1) is 17.9. The Bertz CT molecular complexity index is 1070. The first-order valence-corrected chi connectivity index (χ1v) is 8.81. The molecule has 0 aliphatic heterocycles. The van der Waals surface area contributed by atoms with Crippen molar-refractivity contribution < 1.29 is 18.0 Å². The summed E-state index contributed by atoms with van der Waals surface area (Å²) < 4.78 is 41.2. The number of nitrogens with one attached hydrogen (secondary N) is 1. The van der Waals surface area contributed by atoms with E-state index in [0.29, 0.717) is 28.9 Å². The number of fused-ring (bicyclic) bond motifs is 2. The van der Waals surface area contributed by atoms with Gasteiger partial charge in [-0.05, 0) is 42.2 Å². The van der Waals surface area contributed by atoms with Gasteiger partial charge in [0.05, 0.1) is 11.4 Å². The van der Waals surface area contributed by atoms with Crippen molar-refractivity contribution in [1.29, 1.82) is 0 Å². The Morgan fingerprint density at radius 1 is 1.19 bits per heavy atom. The topological polar surface area (TPSA) is 46.4 Å². The van der Waals surface area contributed by atoms with Gasteiger partial charge in [-0.15, -0.1) is 0 Å². The largest absolute Gasteiger partial charge is 0.436 e. The van der Waals surface area contributed by atoms with E-state index in [-0.39, 0.29) is 11.4 Å². The average Bonchev–Trinajstić information content (AvgIpc) is 2.99. The summed E-state index contributed by atoms with van der Waals surface area (Å²) in [6.07, 6.45) is -2.60. The second-order valence-electron chi connectivity index (χ2n) is 6.44. The first-order chi connectivity index (χ1) is 12.8. The van der Waals surface area contributed by atoms with Gasteiger partial charge in [0.2, 0.25) is 0 Å². The third-order valence-corrected chi connectivity index (χ3v) is 5.15. The maximum atomic E-state index is 13.3. The minimum absolute atomic E-state index is 0.0958. The van der Waals surface area contributed by atoms with Crippen molar-refractivity contribution in [2.24, 2.45) is 0 Å². The van der Waals surface area contributed by atoms with E-state index in [1.54, 1.807) is 31.3 Å². The molecule has 1 aliphatic carbocycles. The molecule has 0 fully saturated rings. The number of imidazole rings is 1. The fraction of sp³-hybridized carbons (Fsp3) is 0.263. The lowest BCUT2D eigenvalue weighted by atomic mass is 9.89. The molecule has 8 heteroatoms. The van der Waals surface area contributed by atoms with Crippen molar-refractivity contribution >= 4 is 28.7 Å². The number of Topliss-reactive ketones (excluding diaryl/α,β-unsaturated/α-hetero) is 1. The lowest BCUT2D eigenvalue weighted by molar-refractivity contribution is -0.140. The number of carbonyl (C=O) groups excluding carboxylic acids is 1. The minimum atomic E-state index is -4.66. The summed E-state index contributed by atoms with van der Waals surface area (Å²) in [6.45, 7) is 0. The number of pyridine rings is 1. The number of benzene rings is 1. The highest BCUT2D eigenvalue weighted by Gasteiger charge is 2.38. The van der Waals surface area contributed by atoms with Crippen molar-refractivity contribution in [2.75, 3.05) is 12.4 Å². The smallest absolute Gasteiger partial charge is 0.385 e. The van der Waals surface area contributed by atoms with E-state index >= 15 is 0 Å². The molecule has 4 rings (SSSR count). The molecule has 3 aromatic rings. The van der Waals surface area contributed by atoms with Crippen molar-refractivity contribution in [3.63, 3.8) is 0 Å². The molecule has 0 saturated carbocycles. The number of alkyl halides is 3. The van der Waals surface area contributed by atoms with E-state index in [0.717, 1.165) is 18.4 Å². The van der Waals surface area contributed by atoms with Crippen LogP contribution in [0.4, 0.5) is 18.9 Å². The molecule has 4 nitrogen and oxygen atoms in total. The van der Waals surface area contributed by atoms with Crippen LogP contribution in [0.1, 0.15) is 34.5 Å². The molecule has 27 heavy (non-hydrogen) atoms. The lowest BCUT2D eigenvalue weighted by Gasteiger charge is -2.17. The molecule has 1 aliphatic rings. The number of ketones is 1. The normalized spacial score (nSPS) is 14.5. The molecule has 0 saturated heterocycles. The number of aryl methyl sites for hydroxylation is 1. The van der Waals surface area contributed by atoms with Crippen molar-refractivity contribution in [1.82, 2.24) is 9.38 Å². The number of aromatic nitrogens is 2. The van der Waals surface area contributed by atoms with E-state index in [1.807, 2.05) is 6.07 Å². The Kier molecular flexibility index (Phi) is 4.14. The summed E-state index contributed by atoms with van der Waals surface area (Å²) in [5.74, 6) is 0.0958. The summed E-state index contributed by atoms with van der Waals surface area (Å²) in [5.41, 5.74) is 2.16. The van der Waals surface area contributed by atoms with E-state index in [9.17, 15) is 18.0 Å². The fourth-order valence-corrected chi connectivity index (χ4v) is 3.84. The Morgan fingerprint density at radius 2 is 1.96 bits per heavy atom. The SMILES string of the molecule is CNc1ccc(-c2ccc3c(c2)CCCC3=O)n2c(Cl)c(C(F)(F)F)nc12. The molecule has 1 N–H and O–H groups in total. The summed E-state index contributed by atoms with van der Waals surface area (Å²) in [6, 6.07) is 8.68. The van der Waals surface area contributed by atoms with Gasteiger partial charge in [0.1, 0.15) is 5.15 Å². The fourth-order valence-electron chi connectivity index (χ4n) is 3.52. The highest BCUT2D eigenvalue weighted by molar-refractivity contribution is 6.31. The van der Waals surface area contributed by atoms with Crippen LogP contribution >= 0.6 is 11.6 Å². The molecule has 0 atom stereocenters. The molecule has 0 radical (unpaired) electrons. The Morgan fingerprint density at radius 3 is 2.67 bits per heavy atom. The van der Waals surface area contributed by atoms with Crippen LogP contribution in [0.3, 0.4) is 0 Å². The first-order valence-electron chi connectivity index (χ1n) is 8.43. The molecule has 2 heterocycles. The molecular weight excluding hydrogens is 379 g/mol. The van der Waals surface area contributed by atoms with Gasteiger partial charge in [0.25, 0.3) is 0 Å². The van der Waals surface area contributed by atoms with Gasteiger partial charge in [-0.3, -0.25) is 9.20 Å². The highest BCUT2D eigenvalue weighted by Crippen LogP contribution is 2.39. The van der Waals surface area contributed by atoms with E-state index in [1.165, 1.54) is 4.40 Å². The molecule has 0 unspecified atom stereocenters. The lowest BCUT2D eigenvalue weighted by Crippen LogP contribution is -2.10. The highest BCUT2D eigenvalue weighted by atomic mass is 35.5. The summed E-state index contributed by atoms with van der Waals surface area (Å²) >= 11 is 6.09. The molecule has 0 bridgehead atoms. The number of hydrogen-bond donors (Lipinski definition) is 1. The zero-order valence-electron chi connectivity index (χ0n) is 14.3. The number of hydrogen-bond acceptors (Lipinski definition) is 3. The number of rotatable bonds is 2. The summed E-state index contributed by atoms with van der Waals surface area (Å²) in [4.78, 5) is 15.8. The van der Waals surface area contributed by atoms with Crippen LogP contribution in [0.2, 0.25) is 5.15 Å². The zero-order valence-corrected chi connectivity index (χ0v) is 15.1. The van der Waals surface area contributed by atoms with Crippen molar-refractivity contribution in [2.45, 2.75) is 25.4 Å². The van der Waals surface area contributed by atoms with Crippen LogP contribution < -0.4 is 5.32 Å². The Hall–Kier alpha value is -2.54. The van der Waals surface area contributed by atoms with Crippen LogP contribution in [0.15, 0.2) is 30.3 Å². The monoisotopic (exact) mass is 393 g/mol. The average molecular weight is 394 g/mol. The summed E-state index contributed by atoms with van der Waals surface area (Å²) in [7, 11) is 1.61. The van der Waals surface area contributed by atoms with Crippen LogP contribution in [0.5, 0.6) is 0 Å². The molecule has 140 valence electrons. The van der Waals surface area contributed by atoms with Gasteiger partial charge in [0, 0.05) is 19.0 Å². The Labute approximate surface area is 158 Å². The third kappa shape index (κ3) is 2.86. The van der Waals surface area contributed by atoms with Gasteiger partial charge in [-0.1, -0.05) is 23.7 Å². The number of carbonyl (C=O) groups is 1. The van der Waals surface area contributed by atoms with E-state index in [2.05, 4.69) is 10.3 Å². The second kappa shape index (κ2) is 6.27. The van der Waals surface area contributed by atoms with Crippen LogP contribution in [-0.2, 0) is 12.6 Å². The van der Waals surface area contributed by atoms with E-state index < -0.39 is 17.0 Å².